The van der Waals surface area contributed by atoms with Crippen LogP contribution in [0.15, 0.2) is 90.4 Å². The van der Waals surface area contributed by atoms with Crippen molar-refractivity contribution in [1.82, 2.24) is 20.2 Å². The normalized spacial score (nSPS) is 11.2. The van der Waals surface area contributed by atoms with Crippen LogP contribution in [0.2, 0.25) is 0 Å². The van der Waals surface area contributed by atoms with Gasteiger partial charge in [0.2, 0.25) is 0 Å². The molecule has 5 aromatic rings. The molecule has 0 saturated carbocycles. The first kappa shape index (κ1) is 27.6. The number of hydrogen-bond donors (Lipinski definition) is 2. The Balaban J connectivity index is 1.25. The molecule has 0 aliphatic rings. The number of rotatable bonds is 14. The summed E-state index contributed by atoms with van der Waals surface area (Å²) in [7, 11) is 0. The zero-order valence-electron chi connectivity index (χ0n) is 22.9. The van der Waals surface area contributed by atoms with E-state index in [-0.39, 0.29) is 5.91 Å². The second-order valence-electron chi connectivity index (χ2n) is 9.97. The molecular formula is C33H36N4O2S. The van der Waals surface area contributed by atoms with Crippen LogP contribution in [0.1, 0.15) is 52.0 Å². The first-order valence-electron chi connectivity index (χ1n) is 13.9. The molecule has 2 heterocycles. The SMILES string of the molecule is CCCCNC(=O)c1csc(CN(CCc2c[nH]c3ccccc23)Cc2ccc(OCc3ccccc3)cc2)n1. The molecule has 2 aromatic heterocycles. The van der Waals surface area contributed by atoms with E-state index in [2.05, 4.69) is 81.8 Å². The summed E-state index contributed by atoms with van der Waals surface area (Å²) in [5.74, 6) is 0.768. The third-order valence-corrected chi connectivity index (χ3v) is 7.74. The predicted octanol–water partition coefficient (Wildman–Crippen LogP) is 6.98. The maximum Gasteiger partial charge on any atom is 0.270 e. The molecule has 0 atom stereocenters. The monoisotopic (exact) mass is 552 g/mol. The second-order valence-corrected chi connectivity index (χ2v) is 10.9. The molecule has 0 spiro atoms. The van der Waals surface area contributed by atoms with Crippen LogP contribution in [-0.4, -0.2) is 33.9 Å². The van der Waals surface area contributed by atoms with Gasteiger partial charge in [-0.05, 0) is 47.7 Å². The van der Waals surface area contributed by atoms with Crippen molar-refractivity contribution in [1.29, 1.82) is 0 Å². The van der Waals surface area contributed by atoms with Crippen molar-refractivity contribution in [3.8, 4) is 5.75 Å². The largest absolute Gasteiger partial charge is 0.489 e. The summed E-state index contributed by atoms with van der Waals surface area (Å²) in [5, 5.41) is 7.05. The maximum absolute atomic E-state index is 12.5. The Morgan fingerprint density at radius 2 is 1.77 bits per heavy atom. The van der Waals surface area contributed by atoms with Gasteiger partial charge in [0.05, 0.1) is 6.54 Å². The van der Waals surface area contributed by atoms with Crippen molar-refractivity contribution in [3.63, 3.8) is 0 Å². The first-order valence-corrected chi connectivity index (χ1v) is 14.8. The minimum Gasteiger partial charge on any atom is -0.489 e. The number of para-hydroxylation sites is 1. The molecule has 6 nitrogen and oxygen atoms in total. The van der Waals surface area contributed by atoms with Crippen molar-refractivity contribution in [2.24, 2.45) is 0 Å². The highest BCUT2D eigenvalue weighted by atomic mass is 32.1. The molecule has 40 heavy (non-hydrogen) atoms. The van der Waals surface area contributed by atoms with Crippen LogP contribution in [0.4, 0.5) is 0 Å². The van der Waals surface area contributed by atoms with Gasteiger partial charge in [-0.25, -0.2) is 4.98 Å². The van der Waals surface area contributed by atoms with E-state index in [1.54, 1.807) is 11.3 Å². The third-order valence-electron chi connectivity index (χ3n) is 6.91. The molecule has 0 fully saturated rings. The highest BCUT2D eigenvalue weighted by molar-refractivity contribution is 7.09. The zero-order valence-corrected chi connectivity index (χ0v) is 23.8. The van der Waals surface area contributed by atoms with Gasteiger partial charge < -0.3 is 15.0 Å². The number of hydrogen-bond acceptors (Lipinski definition) is 5. The summed E-state index contributed by atoms with van der Waals surface area (Å²) in [6.07, 6.45) is 5.05. The van der Waals surface area contributed by atoms with Crippen molar-refractivity contribution >= 4 is 28.1 Å². The van der Waals surface area contributed by atoms with Gasteiger partial charge in [0.15, 0.2) is 0 Å². The fourth-order valence-electron chi connectivity index (χ4n) is 4.67. The fraction of sp³-hybridized carbons (Fsp3) is 0.273. The van der Waals surface area contributed by atoms with Crippen LogP contribution in [0.25, 0.3) is 10.9 Å². The zero-order chi connectivity index (χ0) is 27.6. The van der Waals surface area contributed by atoms with Gasteiger partial charge in [0, 0.05) is 42.1 Å². The van der Waals surface area contributed by atoms with Crippen molar-refractivity contribution in [3.05, 3.63) is 118 Å². The lowest BCUT2D eigenvalue weighted by Crippen LogP contribution is -2.26. The van der Waals surface area contributed by atoms with Crippen molar-refractivity contribution < 1.29 is 9.53 Å². The Bertz CT molecular complexity index is 1490. The van der Waals surface area contributed by atoms with Crippen molar-refractivity contribution in [2.45, 2.75) is 45.9 Å². The fourth-order valence-corrected chi connectivity index (χ4v) is 5.49. The smallest absolute Gasteiger partial charge is 0.270 e. The molecule has 0 unspecified atom stereocenters. The van der Waals surface area contributed by atoms with Gasteiger partial charge in [-0.2, -0.15) is 0 Å². The van der Waals surface area contributed by atoms with Gasteiger partial charge in [-0.1, -0.05) is 74.0 Å². The number of amides is 1. The summed E-state index contributed by atoms with van der Waals surface area (Å²) in [4.78, 5) is 23.0. The summed E-state index contributed by atoms with van der Waals surface area (Å²) >= 11 is 1.55. The molecule has 206 valence electrons. The Morgan fingerprint density at radius 1 is 0.975 bits per heavy atom. The number of unbranched alkanes of at least 4 members (excludes halogenated alkanes) is 1. The van der Waals surface area contributed by atoms with Gasteiger partial charge in [-0.15, -0.1) is 11.3 Å². The summed E-state index contributed by atoms with van der Waals surface area (Å²) in [5.41, 5.74) is 5.33. The van der Waals surface area contributed by atoms with Crippen LogP contribution in [0.5, 0.6) is 5.75 Å². The molecular weight excluding hydrogens is 516 g/mol. The molecule has 0 bridgehead atoms. The van der Waals surface area contributed by atoms with Crippen molar-refractivity contribution in [2.75, 3.05) is 13.1 Å². The van der Waals surface area contributed by atoms with Crippen LogP contribution >= 0.6 is 11.3 Å². The van der Waals surface area contributed by atoms with Gasteiger partial charge in [-0.3, -0.25) is 9.69 Å². The third kappa shape index (κ3) is 7.58. The number of aromatic nitrogens is 2. The lowest BCUT2D eigenvalue weighted by molar-refractivity contribution is 0.0948. The molecule has 0 saturated heterocycles. The minimum absolute atomic E-state index is 0.0904. The molecule has 7 heteroatoms. The number of nitrogens with zero attached hydrogens (tertiary/aromatic N) is 2. The maximum atomic E-state index is 12.5. The first-order chi connectivity index (χ1) is 19.7. The Morgan fingerprint density at radius 3 is 2.60 bits per heavy atom. The van der Waals surface area contributed by atoms with E-state index in [0.717, 1.165) is 54.2 Å². The van der Waals surface area contributed by atoms with Crippen LogP contribution in [0, 0.1) is 0 Å². The number of thiazole rings is 1. The van der Waals surface area contributed by atoms with E-state index in [0.29, 0.717) is 25.4 Å². The molecule has 2 N–H and O–H groups in total. The second kappa shape index (κ2) is 13.9. The molecule has 0 aliphatic carbocycles. The lowest BCUT2D eigenvalue weighted by Gasteiger charge is -2.21. The number of nitrogens with one attached hydrogen (secondary N) is 2. The van der Waals surface area contributed by atoms with Crippen LogP contribution < -0.4 is 10.1 Å². The van der Waals surface area contributed by atoms with Crippen LogP contribution in [-0.2, 0) is 26.1 Å². The highest BCUT2D eigenvalue weighted by Crippen LogP contribution is 2.21. The summed E-state index contributed by atoms with van der Waals surface area (Å²) in [6.45, 7) is 5.68. The Hall–Kier alpha value is -3.94. The Labute approximate surface area is 240 Å². The van der Waals surface area contributed by atoms with E-state index in [1.165, 1.54) is 16.5 Å². The summed E-state index contributed by atoms with van der Waals surface area (Å²) < 4.78 is 5.98. The molecule has 1 amide bonds. The van der Waals surface area contributed by atoms with E-state index in [4.69, 9.17) is 4.74 Å². The molecule has 3 aromatic carbocycles. The lowest BCUT2D eigenvalue weighted by atomic mass is 10.1. The van der Waals surface area contributed by atoms with Crippen LogP contribution in [0.3, 0.4) is 0 Å². The number of ether oxygens (including phenoxy) is 1. The van der Waals surface area contributed by atoms with E-state index in [9.17, 15) is 4.79 Å². The highest BCUT2D eigenvalue weighted by Gasteiger charge is 2.15. The quantitative estimate of drug-likeness (QED) is 0.146. The number of benzene rings is 3. The van der Waals surface area contributed by atoms with Gasteiger partial charge >= 0.3 is 0 Å². The number of aromatic amines is 1. The van der Waals surface area contributed by atoms with E-state index >= 15 is 0 Å². The minimum atomic E-state index is -0.0904. The Kier molecular flexibility index (Phi) is 9.61. The standard InChI is InChI=1S/C33H36N4O2S/c1-2-3-18-34-33(38)31-24-40-32(36-31)22-37(19-17-27-20-35-30-12-8-7-11-29(27)30)21-25-13-15-28(16-14-25)39-23-26-9-5-4-6-10-26/h4-16,20,24,35H,2-3,17-19,21-23H2,1H3,(H,34,38). The van der Waals surface area contributed by atoms with E-state index < -0.39 is 0 Å². The van der Waals surface area contributed by atoms with Gasteiger partial charge in [0.1, 0.15) is 23.1 Å². The molecule has 0 radical (unpaired) electrons. The number of H-pyrrole nitrogens is 1. The van der Waals surface area contributed by atoms with E-state index in [1.807, 2.05) is 35.7 Å². The molecule has 0 aliphatic heterocycles. The average molecular weight is 553 g/mol. The predicted molar refractivity (Wildman–Crippen MR) is 163 cm³/mol. The number of fused-ring (bicyclic) bond motifs is 1. The topological polar surface area (TPSA) is 70.2 Å². The van der Waals surface area contributed by atoms with Gasteiger partial charge in [0.25, 0.3) is 5.91 Å². The molecule has 5 rings (SSSR count). The number of carbonyl (C=O) groups is 1. The average Bonchev–Trinajstić information content (AvgIpc) is 3.63. The summed E-state index contributed by atoms with van der Waals surface area (Å²) in [6, 6.07) is 27.0. The number of carbonyl (C=O) groups excluding carboxylic acids is 1.